The molecular weight excluding hydrogens is 292 g/mol. The minimum absolute atomic E-state index is 0.0275. The Balaban J connectivity index is 2.26. The van der Waals surface area contributed by atoms with Crippen molar-refractivity contribution in [1.29, 1.82) is 0 Å². The van der Waals surface area contributed by atoms with Gasteiger partial charge in [-0.1, -0.05) is 34.5 Å². The number of nitrogens with zero attached hydrogens (tertiary/aromatic N) is 3. The van der Waals surface area contributed by atoms with Gasteiger partial charge in [0.25, 0.3) is 0 Å². The molecule has 96 valence electrons. The molecule has 4 nitrogen and oxygen atoms in total. The van der Waals surface area contributed by atoms with Gasteiger partial charge in [-0.3, -0.25) is 0 Å². The van der Waals surface area contributed by atoms with Crippen LogP contribution in [0, 0.1) is 6.92 Å². The van der Waals surface area contributed by atoms with E-state index in [1.165, 1.54) is 5.56 Å². The van der Waals surface area contributed by atoms with E-state index in [4.69, 9.17) is 5.73 Å². The first-order chi connectivity index (χ1) is 8.61. The highest BCUT2D eigenvalue weighted by atomic mass is 79.9. The summed E-state index contributed by atoms with van der Waals surface area (Å²) in [4.78, 5) is 0. The number of aryl methyl sites for hydroxylation is 1. The fourth-order valence-corrected chi connectivity index (χ4v) is 2.05. The van der Waals surface area contributed by atoms with Crippen molar-refractivity contribution in [3.05, 3.63) is 40.1 Å². The van der Waals surface area contributed by atoms with Gasteiger partial charge in [-0.05, 0) is 37.1 Å². The molecule has 1 heterocycles. The number of rotatable bonds is 4. The van der Waals surface area contributed by atoms with Gasteiger partial charge >= 0.3 is 0 Å². The van der Waals surface area contributed by atoms with Crippen LogP contribution in [0.5, 0.6) is 0 Å². The van der Waals surface area contributed by atoms with E-state index in [1.54, 1.807) is 4.68 Å². The average Bonchev–Trinajstić information content (AvgIpc) is 2.82. The monoisotopic (exact) mass is 308 g/mol. The van der Waals surface area contributed by atoms with Crippen molar-refractivity contribution in [2.75, 3.05) is 0 Å². The molecule has 0 amide bonds. The topological polar surface area (TPSA) is 56.7 Å². The fourth-order valence-electron chi connectivity index (χ4n) is 1.80. The molecule has 0 bridgehead atoms. The second-order valence-corrected chi connectivity index (χ2v) is 5.27. The summed E-state index contributed by atoms with van der Waals surface area (Å²) >= 11 is 3.49. The Labute approximate surface area is 115 Å². The summed E-state index contributed by atoms with van der Waals surface area (Å²) in [5.74, 6) is 0. The molecule has 0 radical (unpaired) electrons. The first kappa shape index (κ1) is 13.2. The molecule has 0 aliphatic heterocycles. The van der Waals surface area contributed by atoms with Gasteiger partial charge in [0, 0.05) is 4.47 Å². The molecular formula is C13H17BrN4. The van der Waals surface area contributed by atoms with Gasteiger partial charge in [-0.15, -0.1) is 5.10 Å². The standard InChI is InChI=1S/C13H17BrN4/c1-3-4-12(15)13-8-18(17-16-13)10-5-6-11(14)9(2)7-10/h5-8,12H,3-4,15H2,1-2H3. The first-order valence-corrected chi connectivity index (χ1v) is 6.85. The maximum absolute atomic E-state index is 6.03. The SMILES string of the molecule is CCCC(N)c1cn(-c2ccc(Br)c(C)c2)nn1. The van der Waals surface area contributed by atoms with E-state index in [2.05, 4.69) is 39.2 Å². The lowest BCUT2D eigenvalue weighted by atomic mass is 10.1. The van der Waals surface area contributed by atoms with Crippen molar-refractivity contribution < 1.29 is 0 Å². The zero-order chi connectivity index (χ0) is 13.1. The molecule has 0 aliphatic rings. The summed E-state index contributed by atoms with van der Waals surface area (Å²) in [7, 11) is 0. The van der Waals surface area contributed by atoms with E-state index in [0.29, 0.717) is 0 Å². The van der Waals surface area contributed by atoms with Gasteiger partial charge in [0.1, 0.15) is 0 Å². The van der Waals surface area contributed by atoms with Crippen LogP contribution >= 0.6 is 15.9 Å². The highest BCUT2D eigenvalue weighted by Crippen LogP contribution is 2.20. The second-order valence-electron chi connectivity index (χ2n) is 4.42. The normalized spacial score (nSPS) is 12.7. The summed E-state index contributed by atoms with van der Waals surface area (Å²) in [6.45, 7) is 4.16. The third-order valence-corrected chi connectivity index (χ3v) is 3.79. The molecule has 1 atom stereocenters. The zero-order valence-electron chi connectivity index (χ0n) is 10.6. The highest BCUT2D eigenvalue weighted by Gasteiger charge is 2.10. The zero-order valence-corrected chi connectivity index (χ0v) is 12.2. The van der Waals surface area contributed by atoms with Crippen LogP contribution in [0.2, 0.25) is 0 Å². The molecule has 1 unspecified atom stereocenters. The molecule has 2 N–H and O–H groups in total. The quantitative estimate of drug-likeness (QED) is 0.944. The molecule has 0 aliphatic carbocycles. The van der Waals surface area contributed by atoms with E-state index < -0.39 is 0 Å². The Kier molecular flexibility index (Phi) is 4.14. The number of nitrogens with two attached hydrogens (primary N) is 1. The maximum Gasteiger partial charge on any atom is 0.0998 e. The van der Waals surface area contributed by atoms with E-state index in [-0.39, 0.29) is 6.04 Å². The predicted octanol–water partition coefficient (Wildman–Crippen LogP) is 3.14. The first-order valence-electron chi connectivity index (χ1n) is 6.06. The van der Waals surface area contributed by atoms with Gasteiger partial charge in [-0.25, -0.2) is 4.68 Å². The smallest absolute Gasteiger partial charge is 0.0998 e. The van der Waals surface area contributed by atoms with Gasteiger partial charge in [-0.2, -0.15) is 0 Å². The molecule has 0 saturated carbocycles. The summed E-state index contributed by atoms with van der Waals surface area (Å²) in [6.07, 6.45) is 3.88. The van der Waals surface area contributed by atoms with Crippen LogP contribution < -0.4 is 5.73 Å². The van der Waals surface area contributed by atoms with Gasteiger partial charge in [0.2, 0.25) is 0 Å². The summed E-state index contributed by atoms with van der Waals surface area (Å²) in [5.41, 5.74) is 9.04. The lowest BCUT2D eigenvalue weighted by Crippen LogP contribution is -2.10. The Bertz CT molecular complexity index is 536. The molecule has 5 heteroatoms. The van der Waals surface area contributed by atoms with Crippen molar-refractivity contribution in [3.8, 4) is 5.69 Å². The van der Waals surface area contributed by atoms with Crippen LogP contribution in [0.3, 0.4) is 0 Å². The van der Waals surface area contributed by atoms with Crippen LogP contribution in [-0.2, 0) is 0 Å². The van der Waals surface area contributed by atoms with Crippen LogP contribution in [0.25, 0.3) is 5.69 Å². The molecule has 18 heavy (non-hydrogen) atoms. The molecule has 2 rings (SSSR count). The second kappa shape index (κ2) is 5.63. The van der Waals surface area contributed by atoms with Crippen LogP contribution in [0.15, 0.2) is 28.9 Å². The number of benzene rings is 1. The largest absolute Gasteiger partial charge is 0.323 e. The van der Waals surface area contributed by atoms with Gasteiger partial charge in [0.15, 0.2) is 0 Å². The Hall–Kier alpha value is -1.20. The number of halogens is 1. The minimum atomic E-state index is -0.0275. The van der Waals surface area contributed by atoms with E-state index in [9.17, 15) is 0 Å². The van der Waals surface area contributed by atoms with Crippen LogP contribution in [-0.4, -0.2) is 15.0 Å². The van der Waals surface area contributed by atoms with Crippen molar-refractivity contribution in [3.63, 3.8) is 0 Å². The summed E-state index contributed by atoms with van der Waals surface area (Å²) in [6, 6.07) is 6.05. The fraction of sp³-hybridized carbons (Fsp3) is 0.385. The molecule has 1 aromatic carbocycles. The van der Waals surface area contributed by atoms with Gasteiger partial charge in [0.05, 0.1) is 23.6 Å². The molecule has 0 saturated heterocycles. The molecule has 0 fully saturated rings. The van der Waals surface area contributed by atoms with Crippen molar-refractivity contribution in [2.45, 2.75) is 32.7 Å². The number of hydrogen-bond donors (Lipinski definition) is 1. The summed E-state index contributed by atoms with van der Waals surface area (Å²) < 4.78 is 2.86. The lowest BCUT2D eigenvalue weighted by Gasteiger charge is -2.05. The van der Waals surface area contributed by atoms with E-state index in [1.807, 2.05) is 25.3 Å². The Morgan fingerprint density at radius 1 is 1.44 bits per heavy atom. The summed E-state index contributed by atoms with van der Waals surface area (Å²) in [5, 5.41) is 8.27. The Morgan fingerprint density at radius 3 is 2.89 bits per heavy atom. The Morgan fingerprint density at radius 2 is 2.22 bits per heavy atom. The molecule has 2 aromatic rings. The third-order valence-electron chi connectivity index (χ3n) is 2.90. The van der Waals surface area contributed by atoms with Gasteiger partial charge < -0.3 is 5.73 Å². The van der Waals surface area contributed by atoms with Crippen molar-refractivity contribution in [1.82, 2.24) is 15.0 Å². The predicted molar refractivity (Wildman–Crippen MR) is 75.6 cm³/mol. The van der Waals surface area contributed by atoms with Crippen molar-refractivity contribution in [2.24, 2.45) is 5.73 Å². The lowest BCUT2D eigenvalue weighted by molar-refractivity contribution is 0.619. The molecule has 0 spiro atoms. The number of aromatic nitrogens is 3. The average molecular weight is 309 g/mol. The van der Waals surface area contributed by atoms with Crippen LogP contribution in [0.1, 0.15) is 37.1 Å². The highest BCUT2D eigenvalue weighted by molar-refractivity contribution is 9.10. The minimum Gasteiger partial charge on any atom is -0.323 e. The molecule has 1 aromatic heterocycles. The third kappa shape index (κ3) is 2.79. The van der Waals surface area contributed by atoms with Crippen molar-refractivity contribution >= 4 is 15.9 Å². The number of hydrogen-bond acceptors (Lipinski definition) is 3. The van der Waals surface area contributed by atoms with E-state index >= 15 is 0 Å². The van der Waals surface area contributed by atoms with Crippen LogP contribution in [0.4, 0.5) is 0 Å². The van der Waals surface area contributed by atoms with E-state index in [0.717, 1.165) is 28.7 Å². The maximum atomic E-state index is 6.03.